The molecule has 7 nitrogen and oxygen atoms in total. The minimum atomic E-state index is 0.276. The van der Waals surface area contributed by atoms with Crippen LogP contribution in [0.3, 0.4) is 0 Å². The first-order valence-corrected chi connectivity index (χ1v) is 31.8. The third-order valence-electron chi connectivity index (χ3n) is 15.3. The first-order valence-electron chi connectivity index (χ1n) is 31.4. The molecule has 0 heterocycles. The minimum Gasteiger partial charge on any atom is -0.301 e. The van der Waals surface area contributed by atoms with Gasteiger partial charge >= 0.3 is 0 Å². The van der Waals surface area contributed by atoms with Gasteiger partial charge in [0.25, 0.3) is 0 Å². The fourth-order valence-corrected chi connectivity index (χ4v) is 10.7. The lowest BCUT2D eigenvalue weighted by molar-refractivity contribution is 0.833. The van der Waals surface area contributed by atoms with Gasteiger partial charge < -0.3 is 10.9 Å². The van der Waals surface area contributed by atoms with Gasteiger partial charge in [0.2, 0.25) is 0 Å². The highest BCUT2D eigenvalue weighted by Gasteiger charge is 2.31. The Labute approximate surface area is 536 Å². The molecule has 0 saturated heterocycles. The molecular weight excluding hydrogens is 1110 g/mol. The molecule has 454 valence electrons. The van der Waals surface area contributed by atoms with Crippen LogP contribution in [0.4, 0.5) is 39.8 Å². The molecule has 2 N–H and O–H groups in total. The molecule has 0 spiro atoms. The Balaban J connectivity index is 0.000000236. The highest BCUT2D eigenvalue weighted by molar-refractivity contribution is 6.69. The summed E-state index contributed by atoms with van der Waals surface area (Å²) in [6, 6.07) is 91.9. The molecule has 0 aliphatic rings. The van der Waals surface area contributed by atoms with Gasteiger partial charge in [-0.2, -0.15) is 0 Å². The number of anilines is 4. The van der Waals surface area contributed by atoms with Gasteiger partial charge in [0.1, 0.15) is 5.17 Å². The van der Waals surface area contributed by atoms with Crippen molar-refractivity contribution in [2.24, 2.45) is 15.0 Å². The third kappa shape index (κ3) is 17.7. The van der Waals surface area contributed by atoms with E-state index in [4.69, 9.17) is 26.6 Å². The lowest BCUT2D eigenvalue weighted by Crippen LogP contribution is -2.51. The molecule has 89 heavy (non-hydrogen) atoms. The van der Waals surface area contributed by atoms with Gasteiger partial charge in [-0.15, -0.1) is 0 Å². The Kier molecular flexibility index (Phi) is 24.1. The molecule has 0 saturated carbocycles. The molecule has 10 aromatic rings. The summed E-state index contributed by atoms with van der Waals surface area (Å²) in [7, 11) is 0. The maximum absolute atomic E-state index is 6.44. The molecule has 8 heteroatoms. The maximum atomic E-state index is 6.44. The zero-order valence-corrected chi connectivity index (χ0v) is 54.7. The van der Waals surface area contributed by atoms with E-state index < -0.39 is 0 Å². The molecule has 0 radical (unpaired) electrons. The summed E-state index contributed by atoms with van der Waals surface area (Å²) in [6.45, 7) is 26.8. The van der Waals surface area contributed by atoms with Crippen LogP contribution in [0.15, 0.2) is 282 Å². The van der Waals surface area contributed by atoms with E-state index in [1.165, 1.54) is 33.4 Å². The SMILES string of the molecule is CC(C)c1cccc(C(C)C)c1N=C(Cl)c1ccccc1.CC(C)c1cccc(C(C)C)c1N=C(c1ccccc1)N(c1ccccc1)N(C(=Nc1c(C(C)C)cccc1C(C)C)c1ccccc1)c1ccccc1.c1ccc(NNc2ccccc2)cc1. The second kappa shape index (κ2) is 32.6. The van der Waals surface area contributed by atoms with Crippen LogP contribution in [0.25, 0.3) is 0 Å². The van der Waals surface area contributed by atoms with Crippen molar-refractivity contribution in [1.82, 2.24) is 0 Å². The van der Waals surface area contributed by atoms with Gasteiger partial charge in [0.05, 0.1) is 39.8 Å². The van der Waals surface area contributed by atoms with Crippen LogP contribution in [0, 0.1) is 0 Å². The molecule has 0 amide bonds. The summed E-state index contributed by atoms with van der Waals surface area (Å²) in [5, 5.41) is 5.08. The van der Waals surface area contributed by atoms with Crippen molar-refractivity contribution < 1.29 is 0 Å². The Bertz CT molecular complexity index is 3570. The number of para-hydroxylation sites is 7. The van der Waals surface area contributed by atoms with Gasteiger partial charge in [0.15, 0.2) is 11.7 Å². The molecule has 0 bridgehead atoms. The Hall–Kier alpha value is -9.30. The average molecular weight is 1200 g/mol. The summed E-state index contributed by atoms with van der Waals surface area (Å²) in [4.78, 5) is 16.4. The monoisotopic (exact) mass is 1190 g/mol. The van der Waals surface area contributed by atoms with Crippen LogP contribution in [-0.4, -0.2) is 16.8 Å². The lowest BCUT2D eigenvalue weighted by Gasteiger charge is -2.39. The van der Waals surface area contributed by atoms with E-state index in [9.17, 15) is 0 Å². The smallest absolute Gasteiger partial charge is 0.160 e. The van der Waals surface area contributed by atoms with Crippen LogP contribution >= 0.6 is 11.6 Å². The van der Waals surface area contributed by atoms with E-state index >= 15 is 0 Å². The number of hydrogen-bond acceptors (Lipinski definition) is 5. The maximum Gasteiger partial charge on any atom is 0.160 e. The van der Waals surface area contributed by atoms with E-state index in [-0.39, 0.29) is 23.7 Å². The standard InChI is InChI=1S/C50H54N4.C19H22ClN.C12H12N2/c1-35(2)43-31-21-32-44(36(3)4)47(43)51-49(39-23-13-9-14-24-39)53(41-27-17-11-18-28-41)54(42-29-19-12-20-30-42)50(40-25-15-10-16-26-40)52-48-45(37(5)6)33-22-34-46(48)38(7)8;1-13(2)16-11-8-12-17(14(3)4)18(16)21-19(20)15-9-6-5-7-10-15;1-3-7-11(8-4-1)13-14-12-9-5-2-6-10-12/h9-38H,1-8H3;5-14H,1-4H3;1-10,13-14H. The number of halogens is 1. The predicted molar refractivity (Wildman–Crippen MR) is 386 cm³/mol. The van der Waals surface area contributed by atoms with Crippen LogP contribution in [0.2, 0.25) is 0 Å². The Morgan fingerprint density at radius 3 is 0.753 bits per heavy atom. The van der Waals surface area contributed by atoms with Crippen LogP contribution in [0.1, 0.15) is 169 Å². The zero-order valence-electron chi connectivity index (χ0n) is 54.0. The first-order chi connectivity index (χ1) is 43.1. The van der Waals surface area contributed by atoms with Crippen molar-refractivity contribution in [3.8, 4) is 0 Å². The topological polar surface area (TPSA) is 67.6 Å². The molecule has 10 aromatic carbocycles. The fraction of sp³-hybridized carbons (Fsp3) is 0.222. The van der Waals surface area contributed by atoms with E-state index in [1.54, 1.807) is 0 Å². The third-order valence-corrected chi connectivity index (χ3v) is 15.6. The molecule has 0 aromatic heterocycles. The zero-order chi connectivity index (χ0) is 63.2. The van der Waals surface area contributed by atoms with Gasteiger partial charge in [-0.1, -0.05) is 313 Å². The van der Waals surface area contributed by atoms with E-state index in [0.29, 0.717) is 17.0 Å². The summed E-state index contributed by atoms with van der Waals surface area (Å²) in [5.41, 5.74) is 23.6. The van der Waals surface area contributed by atoms with Crippen molar-refractivity contribution in [1.29, 1.82) is 0 Å². The van der Waals surface area contributed by atoms with Crippen molar-refractivity contribution >= 4 is 68.3 Å². The average Bonchev–Trinajstić information content (AvgIpc) is 1.09. The number of hydrogen-bond donors (Lipinski definition) is 2. The molecule has 0 atom stereocenters. The van der Waals surface area contributed by atoms with Gasteiger partial charge in [-0.05, 0) is 117 Å². The number of nitrogens with one attached hydrogen (secondary N) is 2. The van der Waals surface area contributed by atoms with E-state index in [2.05, 4.69) is 280 Å². The quantitative estimate of drug-likeness (QED) is 0.0542. The highest BCUT2D eigenvalue weighted by Crippen LogP contribution is 2.40. The molecule has 0 fully saturated rings. The molecule has 0 unspecified atom stereocenters. The number of benzene rings is 10. The molecule has 0 aliphatic heterocycles. The van der Waals surface area contributed by atoms with Crippen molar-refractivity contribution in [2.75, 3.05) is 20.9 Å². The fourth-order valence-electron chi connectivity index (χ4n) is 10.5. The highest BCUT2D eigenvalue weighted by atomic mass is 35.5. The van der Waals surface area contributed by atoms with Crippen LogP contribution in [-0.2, 0) is 0 Å². The lowest BCUT2D eigenvalue weighted by atomic mass is 9.93. The Morgan fingerprint density at radius 2 is 0.494 bits per heavy atom. The summed E-state index contributed by atoms with van der Waals surface area (Å²) >= 11 is 6.44. The summed E-state index contributed by atoms with van der Waals surface area (Å²) < 4.78 is 0. The second-order valence-corrected chi connectivity index (χ2v) is 24.3. The van der Waals surface area contributed by atoms with Crippen molar-refractivity contribution in [2.45, 2.75) is 119 Å². The number of hydrazine groups is 2. The van der Waals surface area contributed by atoms with E-state index in [1.807, 2.05) is 91.0 Å². The minimum absolute atomic E-state index is 0.276. The normalized spacial score (nSPS) is 11.8. The van der Waals surface area contributed by atoms with Crippen molar-refractivity contribution in [3.63, 3.8) is 0 Å². The largest absolute Gasteiger partial charge is 0.301 e. The molecular formula is C81H88ClN7. The number of aliphatic imine (C=N–C) groups is 3. The summed E-state index contributed by atoms with van der Waals surface area (Å²) in [5.74, 6) is 3.54. The number of nitrogens with zero attached hydrogens (tertiary/aromatic N) is 5. The molecule has 10 rings (SSSR count). The predicted octanol–water partition coefficient (Wildman–Crippen LogP) is 23.3. The van der Waals surface area contributed by atoms with Gasteiger partial charge in [-0.25, -0.2) is 25.0 Å². The first kappa shape index (κ1) is 65.7. The van der Waals surface area contributed by atoms with Crippen molar-refractivity contribution in [3.05, 3.63) is 317 Å². The number of amidine groups is 2. The van der Waals surface area contributed by atoms with Gasteiger partial charge in [-0.3, -0.25) is 0 Å². The Morgan fingerprint density at radius 1 is 0.270 bits per heavy atom. The van der Waals surface area contributed by atoms with Crippen LogP contribution < -0.4 is 20.9 Å². The van der Waals surface area contributed by atoms with E-state index in [0.717, 1.165) is 68.2 Å². The molecule has 0 aliphatic carbocycles. The number of rotatable bonds is 17. The van der Waals surface area contributed by atoms with Crippen LogP contribution in [0.5, 0.6) is 0 Å². The summed E-state index contributed by atoms with van der Waals surface area (Å²) in [6.07, 6.45) is 0. The van der Waals surface area contributed by atoms with Gasteiger partial charge in [0, 0.05) is 16.7 Å². The second-order valence-electron chi connectivity index (χ2n) is 23.9.